The van der Waals surface area contributed by atoms with Gasteiger partial charge in [-0.1, -0.05) is 12.1 Å². The maximum atomic E-state index is 11.5. The highest BCUT2D eigenvalue weighted by Crippen LogP contribution is 2.28. The van der Waals surface area contributed by atoms with Gasteiger partial charge < -0.3 is 9.47 Å². The summed E-state index contributed by atoms with van der Waals surface area (Å²) in [6, 6.07) is 9.30. The highest BCUT2D eigenvalue weighted by atomic mass is 16.5. The van der Waals surface area contributed by atoms with Crippen LogP contribution in [0.3, 0.4) is 0 Å². The fourth-order valence-corrected chi connectivity index (χ4v) is 2.58. The maximum Gasteiger partial charge on any atom is 0.337 e. The molecule has 110 valence electrons. The van der Waals surface area contributed by atoms with Crippen molar-refractivity contribution in [2.45, 2.75) is 25.5 Å². The third-order valence-corrected chi connectivity index (χ3v) is 3.70. The fraction of sp³-hybridized carbons (Fsp3) is 0.375. The van der Waals surface area contributed by atoms with Gasteiger partial charge in [0.05, 0.1) is 18.4 Å². The molecule has 0 amide bonds. The van der Waals surface area contributed by atoms with Crippen LogP contribution in [0.4, 0.5) is 0 Å². The molecule has 0 saturated carbocycles. The molecule has 0 N–H and O–H groups in total. The Bertz CT molecular complexity index is 613. The van der Waals surface area contributed by atoms with Crippen molar-refractivity contribution < 1.29 is 14.3 Å². The Morgan fingerprint density at radius 2 is 2.10 bits per heavy atom. The van der Waals surface area contributed by atoms with Gasteiger partial charge >= 0.3 is 5.97 Å². The van der Waals surface area contributed by atoms with E-state index in [1.54, 1.807) is 18.3 Å². The molecule has 5 heteroatoms. The van der Waals surface area contributed by atoms with Crippen molar-refractivity contribution in [3.63, 3.8) is 0 Å². The second-order valence-corrected chi connectivity index (χ2v) is 5.05. The average molecular weight is 286 g/mol. The van der Waals surface area contributed by atoms with Crippen LogP contribution < -0.4 is 0 Å². The van der Waals surface area contributed by atoms with E-state index in [0.29, 0.717) is 5.56 Å². The Morgan fingerprint density at radius 1 is 1.29 bits per heavy atom. The van der Waals surface area contributed by atoms with E-state index in [9.17, 15) is 4.79 Å². The first-order valence-electron chi connectivity index (χ1n) is 7.13. The molecule has 0 aliphatic carbocycles. The van der Waals surface area contributed by atoms with Gasteiger partial charge in [0, 0.05) is 12.8 Å². The molecule has 1 saturated heterocycles. The zero-order valence-corrected chi connectivity index (χ0v) is 12.0. The minimum absolute atomic E-state index is 0.00373. The molecule has 1 fully saturated rings. The van der Waals surface area contributed by atoms with Crippen LogP contribution in [-0.2, 0) is 9.47 Å². The van der Waals surface area contributed by atoms with Crippen molar-refractivity contribution in [1.82, 2.24) is 9.78 Å². The Balaban J connectivity index is 1.87. The molecule has 3 rings (SSSR count). The highest BCUT2D eigenvalue weighted by molar-refractivity contribution is 5.89. The van der Waals surface area contributed by atoms with Gasteiger partial charge in [0.1, 0.15) is 0 Å². The Hall–Kier alpha value is -2.14. The van der Waals surface area contributed by atoms with E-state index in [0.717, 1.165) is 37.1 Å². The molecule has 5 nitrogen and oxygen atoms in total. The monoisotopic (exact) mass is 286 g/mol. The van der Waals surface area contributed by atoms with Crippen molar-refractivity contribution >= 4 is 5.97 Å². The lowest BCUT2D eigenvalue weighted by Crippen LogP contribution is -2.19. The molecule has 2 aromatic rings. The standard InChI is InChI=1S/C16H18N2O3/c1-20-16(19)13-7-5-12(6-8-13)14-9-10-17-18(14)15-4-2-3-11-21-15/h5-10,15H,2-4,11H2,1H3. The van der Waals surface area contributed by atoms with Crippen molar-refractivity contribution in [2.75, 3.05) is 13.7 Å². The SMILES string of the molecule is COC(=O)c1ccc(-c2ccnn2C2CCCCO2)cc1. The fourth-order valence-electron chi connectivity index (χ4n) is 2.58. The number of hydrogen-bond donors (Lipinski definition) is 0. The number of benzene rings is 1. The first-order chi connectivity index (χ1) is 10.3. The van der Waals surface area contributed by atoms with Gasteiger partial charge in [0.15, 0.2) is 6.23 Å². The van der Waals surface area contributed by atoms with Crippen LogP contribution in [0.25, 0.3) is 11.3 Å². The number of methoxy groups -OCH3 is 1. The van der Waals surface area contributed by atoms with E-state index >= 15 is 0 Å². The molecule has 1 atom stereocenters. The predicted molar refractivity (Wildman–Crippen MR) is 77.8 cm³/mol. The minimum Gasteiger partial charge on any atom is -0.465 e. The number of carbonyl (C=O) groups is 1. The second kappa shape index (κ2) is 6.10. The van der Waals surface area contributed by atoms with Crippen molar-refractivity contribution in [3.05, 3.63) is 42.1 Å². The van der Waals surface area contributed by atoms with E-state index in [1.807, 2.05) is 22.9 Å². The number of hydrogen-bond acceptors (Lipinski definition) is 4. The third kappa shape index (κ3) is 2.83. The summed E-state index contributed by atoms with van der Waals surface area (Å²) in [5.74, 6) is -0.328. The largest absolute Gasteiger partial charge is 0.465 e. The van der Waals surface area contributed by atoms with Gasteiger partial charge in [0.25, 0.3) is 0 Å². The van der Waals surface area contributed by atoms with Crippen LogP contribution in [0.15, 0.2) is 36.5 Å². The molecule has 0 bridgehead atoms. The number of ether oxygens (including phenoxy) is 2. The highest BCUT2D eigenvalue weighted by Gasteiger charge is 2.19. The normalized spacial score (nSPS) is 18.4. The molecule has 1 aliphatic rings. The second-order valence-electron chi connectivity index (χ2n) is 5.05. The molecule has 0 spiro atoms. The van der Waals surface area contributed by atoms with Crippen LogP contribution in [-0.4, -0.2) is 29.5 Å². The van der Waals surface area contributed by atoms with Gasteiger partial charge in [-0.05, 0) is 43.0 Å². The van der Waals surface area contributed by atoms with E-state index < -0.39 is 0 Å². The van der Waals surface area contributed by atoms with Gasteiger partial charge in [-0.25, -0.2) is 9.48 Å². The summed E-state index contributed by atoms with van der Waals surface area (Å²) in [7, 11) is 1.38. The van der Waals surface area contributed by atoms with Crippen LogP contribution in [0.1, 0.15) is 35.8 Å². The number of carbonyl (C=O) groups excluding carboxylic acids is 1. The smallest absolute Gasteiger partial charge is 0.337 e. The zero-order valence-electron chi connectivity index (χ0n) is 12.0. The van der Waals surface area contributed by atoms with E-state index in [1.165, 1.54) is 7.11 Å². The summed E-state index contributed by atoms with van der Waals surface area (Å²) in [5.41, 5.74) is 2.55. The van der Waals surface area contributed by atoms with Crippen LogP contribution in [0.5, 0.6) is 0 Å². The van der Waals surface area contributed by atoms with Crippen LogP contribution in [0.2, 0.25) is 0 Å². The van der Waals surface area contributed by atoms with Gasteiger partial charge in [-0.15, -0.1) is 0 Å². The molecular formula is C16H18N2O3. The lowest BCUT2D eigenvalue weighted by molar-refractivity contribution is -0.0383. The summed E-state index contributed by atoms with van der Waals surface area (Å²) in [4.78, 5) is 11.5. The lowest BCUT2D eigenvalue weighted by atomic mass is 10.1. The number of nitrogens with zero attached hydrogens (tertiary/aromatic N) is 2. The Kier molecular flexibility index (Phi) is 4.01. The molecule has 0 radical (unpaired) electrons. The summed E-state index contributed by atoms with van der Waals surface area (Å²) >= 11 is 0. The molecule has 2 heterocycles. The van der Waals surface area contributed by atoms with Crippen molar-refractivity contribution in [3.8, 4) is 11.3 Å². The molecule has 21 heavy (non-hydrogen) atoms. The Labute approximate surface area is 123 Å². The number of esters is 1. The maximum absolute atomic E-state index is 11.5. The first kappa shape index (κ1) is 13.8. The van der Waals surface area contributed by atoms with Crippen LogP contribution >= 0.6 is 0 Å². The van der Waals surface area contributed by atoms with Crippen molar-refractivity contribution in [2.24, 2.45) is 0 Å². The van der Waals surface area contributed by atoms with Gasteiger partial charge in [-0.2, -0.15) is 5.10 Å². The summed E-state index contributed by atoms with van der Waals surface area (Å²) < 4.78 is 12.4. The topological polar surface area (TPSA) is 53.3 Å². The molecular weight excluding hydrogens is 268 g/mol. The first-order valence-corrected chi connectivity index (χ1v) is 7.13. The number of aromatic nitrogens is 2. The third-order valence-electron chi connectivity index (χ3n) is 3.70. The predicted octanol–water partition coefficient (Wildman–Crippen LogP) is 3.04. The minimum atomic E-state index is -0.328. The lowest BCUT2D eigenvalue weighted by Gasteiger charge is -2.24. The zero-order chi connectivity index (χ0) is 14.7. The molecule has 1 aromatic carbocycles. The van der Waals surface area contributed by atoms with Gasteiger partial charge in [0.2, 0.25) is 0 Å². The summed E-state index contributed by atoms with van der Waals surface area (Å²) in [6.07, 6.45) is 5.03. The van der Waals surface area contributed by atoms with Gasteiger partial charge in [-0.3, -0.25) is 0 Å². The molecule has 1 aliphatic heterocycles. The van der Waals surface area contributed by atoms with Crippen LogP contribution in [0, 0.1) is 0 Å². The average Bonchev–Trinajstić information content (AvgIpc) is 3.04. The summed E-state index contributed by atoms with van der Waals surface area (Å²) in [6.45, 7) is 0.783. The van der Waals surface area contributed by atoms with Crippen molar-refractivity contribution in [1.29, 1.82) is 0 Å². The Morgan fingerprint density at radius 3 is 2.76 bits per heavy atom. The van der Waals surface area contributed by atoms with E-state index in [4.69, 9.17) is 9.47 Å². The number of rotatable bonds is 3. The quantitative estimate of drug-likeness (QED) is 0.814. The molecule has 1 unspecified atom stereocenters. The van der Waals surface area contributed by atoms with E-state index in [-0.39, 0.29) is 12.2 Å². The molecule has 1 aromatic heterocycles. The summed E-state index contributed by atoms with van der Waals surface area (Å²) in [5, 5.41) is 4.39. The van der Waals surface area contributed by atoms with E-state index in [2.05, 4.69) is 5.10 Å².